The molecule has 8 nitrogen and oxygen atoms in total. The van der Waals surface area contributed by atoms with Gasteiger partial charge in [0.1, 0.15) is 36.0 Å². The van der Waals surface area contributed by atoms with Gasteiger partial charge < -0.3 is 24.3 Å². The molecule has 3 aromatic rings. The smallest absolute Gasteiger partial charge is 0.371 e. The van der Waals surface area contributed by atoms with Crippen LogP contribution in [0.25, 0.3) is 11.0 Å². The topological polar surface area (TPSA) is 115 Å². The first kappa shape index (κ1) is 19.4. The molecular formula is C20H18O8. The van der Waals surface area contributed by atoms with Crippen LogP contribution in [0.2, 0.25) is 0 Å². The second-order valence-electron chi connectivity index (χ2n) is 6.01. The number of benzene rings is 2. The van der Waals surface area contributed by atoms with Gasteiger partial charge in [0.2, 0.25) is 5.76 Å². The zero-order valence-electron chi connectivity index (χ0n) is 15.0. The molecule has 0 aliphatic carbocycles. The van der Waals surface area contributed by atoms with E-state index in [1.807, 2.05) is 19.1 Å². The highest BCUT2D eigenvalue weighted by atomic mass is 17.2. The Morgan fingerprint density at radius 3 is 2.61 bits per heavy atom. The summed E-state index contributed by atoms with van der Waals surface area (Å²) in [7, 11) is 0. The number of carbonyl (C=O) groups is 1. The molecule has 8 heteroatoms. The average molecular weight is 386 g/mol. The van der Waals surface area contributed by atoms with E-state index in [4.69, 9.17) is 24.0 Å². The van der Waals surface area contributed by atoms with Crippen LogP contribution >= 0.6 is 0 Å². The third-order valence-electron chi connectivity index (χ3n) is 3.86. The number of hydrogen-bond donors (Lipinski definition) is 2. The van der Waals surface area contributed by atoms with Gasteiger partial charge >= 0.3 is 5.97 Å². The summed E-state index contributed by atoms with van der Waals surface area (Å²) in [4.78, 5) is 33.4. The number of para-hydroxylation sites is 1. The van der Waals surface area contributed by atoms with E-state index in [1.165, 1.54) is 12.1 Å². The third kappa shape index (κ3) is 4.48. The van der Waals surface area contributed by atoms with E-state index in [-0.39, 0.29) is 29.9 Å². The summed E-state index contributed by atoms with van der Waals surface area (Å²) in [5, 5.41) is 19.1. The Morgan fingerprint density at radius 1 is 1.11 bits per heavy atom. The Balaban J connectivity index is 1.62. The van der Waals surface area contributed by atoms with Gasteiger partial charge in [-0.3, -0.25) is 4.79 Å². The molecule has 0 fully saturated rings. The predicted molar refractivity (Wildman–Crippen MR) is 98.7 cm³/mol. The number of aliphatic hydroxyl groups excluding tert-OH is 1. The molecule has 1 aromatic heterocycles. The number of aliphatic hydroxyl groups is 1. The van der Waals surface area contributed by atoms with Crippen molar-refractivity contribution >= 4 is 16.9 Å². The largest absolute Gasteiger partial charge is 0.490 e. The van der Waals surface area contributed by atoms with Crippen LogP contribution in [0, 0.1) is 6.92 Å². The molecule has 0 amide bonds. The Hall–Kier alpha value is -3.36. The summed E-state index contributed by atoms with van der Waals surface area (Å²) in [6.45, 7) is 1.54. The van der Waals surface area contributed by atoms with Gasteiger partial charge in [0.05, 0.1) is 0 Å². The van der Waals surface area contributed by atoms with Crippen molar-refractivity contribution in [2.75, 3.05) is 13.2 Å². The van der Waals surface area contributed by atoms with E-state index in [1.54, 1.807) is 18.2 Å². The zero-order chi connectivity index (χ0) is 20.1. The van der Waals surface area contributed by atoms with E-state index in [0.717, 1.165) is 11.6 Å². The Morgan fingerprint density at radius 2 is 1.86 bits per heavy atom. The molecule has 3 rings (SSSR count). The van der Waals surface area contributed by atoms with Crippen LogP contribution in [-0.4, -0.2) is 35.5 Å². The van der Waals surface area contributed by atoms with Gasteiger partial charge in [-0.2, -0.15) is 4.89 Å². The van der Waals surface area contributed by atoms with Gasteiger partial charge in [-0.25, -0.2) is 4.79 Å². The number of aryl methyl sites for hydroxylation is 1. The summed E-state index contributed by atoms with van der Waals surface area (Å²) in [5.41, 5.74) is 0.412. The van der Waals surface area contributed by atoms with Gasteiger partial charge in [-0.1, -0.05) is 24.3 Å². The molecule has 28 heavy (non-hydrogen) atoms. The minimum Gasteiger partial charge on any atom is -0.490 e. The van der Waals surface area contributed by atoms with Crippen LogP contribution in [0.4, 0.5) is 0 Å². The van der Waals surface area contributed by atoms with Crippen LogP contribution in [0.3, 0.4) is 0 Å². The van der Waals surface area contributed by atoms with E-state index in [9.17, 15) is 14.7 Å². The van der Waals surface area contributed by atoms with E-state index >= 15 is 0 Å². The summed E-state index contributed by atoms with van der Waals surface area (Å²) < 4.78 is 10.7. The number of carboxylic acid groups (broad SMARTS) is 1. The summed E-state index contributed by atoms with van der Waals surface area (Å²) in [5.74, 6) is -1.10. The number of aromatic carboxylic acids is 1. The van der Waals surface area contributed by atoms with Crippen molar-refractivity contribution in [3.63, 3.8) is 0 Å². The SMILES string of the molecule is Cc1ccccc1OOCC(O)COc1cccc2oc(C(=O)O)cc(=O)c12. The van der Waals surface area contributed by atoms with Crippen molar-refractivity contribution in [1.82, 2.24) is 0 Å². The van der Waals surface area contributed by atoms with Crippen molar-refractivity contribution < 1.29 is 33.9 Å². The lowest BCUT2D eigenvalue weighted by Crippen LogP contribution is -2.24. The molecule has 0 saturated carbocycles. The molecule has 1 unspecified atom stereocenters. The molecule has 0 aliphatic heterocycles. The van der Waals surface area contributed by atoms with E-state index in [0.29, 0.717) is 5.75 Å². The minimum absolute atomic E-state index is 0.0797. The number of ether oxygens (including phenoxy) is 1. The number of fused-ring (bicyclic) bond motifs is 1. The van der Waals surface area contributed by atoms with Gasteiger partial charge in [0.15, 0.2) is 11.2 Å². The van der Waals surface area contributed by atoms with Crippen LogP contribution in [0.1, 0.15) is 16.1 Å². The zero-order valence-corrected chi connectivity index (χ0v) is 15.0. The summed E-state index contributed by atoms with van der Waals surface area (Å²) in [6, 6.07) is 12.7. The minimum atomic E-state index is -1.34. The highest BCUT2D eigenvalue weighted by Gasteiger charge is 2.15. The highest BCUT2D eigenvalue weighted by Crippen LogP contribution is 2.23. The average Bonchev–Trinajstić information content (AvgIpc) is 2.67. The lowest BCUT2D eigenvalue weighted by Gasteiger charge is -2.14. The molecule has 1 heterocycles. The Bertz CT molecular complexity index is 1040. The molecule has 146 valence electrons. The van der Waals surface area contributed by atoms with Crippen molar-refractivity contribution in [1.29, 1.82) is 0 Å². The first-order valence-corrected chi connectivity index (χ1v) is 8.42. The molecule has 0 saturated heterocycles. The first-order valence-electron chi connectivity index (χ1n) is 8.42. The molecule has 0 spiro atoms. The van der Waals surface area contributed by atoms with Crippen LogP contribution in [0.5, 0.6) is 11.5 Å². The fourth-order valence-electron chi connectivity index (χ4n) is 2.46. The number of rotatable bonds is 8. The molecule has 0 aliphatic rings. The third-order valence-corrected chi connectivity index (χ3v) is 3.86. The number of hydrogen-bond acceptors (Lipinski definition) is 7. The normalized spacial score (nSPS) is 11.9. The maximum absolute atomic E-state index is 12.2. The van der Waals surface area contributed by atoms with E-state index in [2.05, 4.69) is 0 Å². The monoisotopic (exact) mass is 386 g/mol. The van der Waals surface area contributed by atoms with Crippen LogP contribution in [0.15, 0.2) is 57.7 Å². The maximum atomic E-state index is 12.2. The molecular weight excluding hydrogens is 368 g/mol. The van der Waals surface area contributed by atoms with Crippen LogP contribution in [-0.2, 0) is 4.89 Å². The summed E-state index contributed by atoms with van der Waals surface area (Å²) in [6.07, 6.45) is -1.02. The second kappa shape index (κ2) is 8.55. The fourth-order valence-corrected chi connectivity index (χ4v) is 2.46. The predicted octanol–water partition coefficient (Wildman–Crippen LogP) is 2.55. The number of carboxylic acids is 1. The van der Waals surface area contributed by atoms with Gasteiger partial charge in [0, 0.05) is 6.07 Å². The van der Waals surface area contributed by atoms with Gasteiger partial charge in [-0.15, -0.1) is 0 Å². The van der Waals surface area contributed by atoms with Crippen molar-refractivity contribution in [2.45, 2.75) is 13.0 Å². The maximum Gasteiger partial charge on any atom is 0.371 e. The Kier molecular flexibility index (Phi) is 5.93. The molecule has 1 atom stereocenters. The van der Waals surface area contributed by atoms with E-state index < -0.39 is 23.3 Å². The standard InChI is InChI=1S/C20H18O8/c1-12-5-2-3-6-15(12)28-26-11-13(21)10-25-16-7-4-8-17-19(16)14(22)9-18(27-17)20(23)24/h2-9,13,21H,10-11H2,1H3,(H,23,24). The molecule has 2 aromatic carbocycles. The lowest BCUT2D eigenvalue weighted by atomic mass is 10.2. The molecule has 0 bridgehead atoms. The first-order chi connectivity index (χ1) is 13.5. The molecule has 2 N–H and O–H groups in total. The Labute approximate surface area is 159 Å². The quantitative estimate of drug-likeness (QED) is 0.448. The highest BCUT2D eigenvalue weighted by molar-refractivity contribution is 5.89. The van der Waals surface area contributed by atoms with Crippen molar-refractivity contribution in [3.05, 3.63) is 70.1 Å². The second-order valence-corrected chi connectivity index (χ2v) is 6.01. The van der Waals surface area contributed by atoms with Gasteiger partial charge in [-0.05, 0) is 30.7 Å². The van der Waals surface area contributed by atoms with Gasteiger partial charge in [0.25, 0.3) is 0 Å². The summed E-state index contributed by atoms with van der Waals surface area (Å²) >= 11 is 0. The van der Waals surface area contributed by atoms with Crippen molar-refractivity contribution in [2.24, 2.45) is 0 Å². The van der Waals surface area contributed by atoms with Crippen LogP contribution < -0.4 is 15.1 Å². The molecule has 0 radical (unpaired) electrons. The van der Waals surface area contributed by atoms with Crippen molar-refractivity contribution in [3.8, 4) is 11.5 Å². The lowest BCUT2D eigenvalue weighted by molar-refractivity contribution is -0.225. The fraction of sp³-hybridized carbons (Fsp3) is 0.200.